The molecule has 0 bridgehead atoms. The Labute approximate surface area is 210 Å². The first-order chi connectivity index (χ1) is 17.2. The van der Waals surface area contributed by atoms with Crippen LogP contribution in [0, 0.1) is 40.9 Å². The van der Waals surface area contributed by atoms with Crippen LogP contribution in [0.3, 0.4) is 0 Å². The molecule has 6 rings (SSSR count). The van der Waals surface area contributed by atoms with Gasteiger partial charge >= 0.3 is 0 Å². The van der Waals surface area contributed by atoms with Gasteiger partial charge in [0.2, 0.25) is 0 Å². The number of alkyl halides is 2. The SMILES string of the molecule is COc1ccc2nnn(CC(=O)[C@H]3CC[C@H]4[C@@H]5CC[C@@H]6C[C@@](O)(C(F)F)CC[C@@H]6[C@H]5CC[C@]34C)c2c1. The van der Waals surface area contributed by atoms with Crippen molar-refractivity contribution in [2.75, 3.05) is 7.11 Å². The molecule has 8 heteroatoms. The number of carbonyl (C=O) groups is 1. The molecule has 0 saturated heterocycles. The minimum absolute atomic E-state index is 0.0151. The molecular formula is C28H37F2N3O3. The van der Waals surface area contributed by atoms with Crippen molar-refractivity contribution < 1.29 is 23.4 Å². The predicted molar refractivity (Wildman–Crippen MR) is 131 cm³/mol. The van der Waals surface area contributed by atoms with Gasteiger partial charge in [0.1, 0.15) is 23.4 Å². The Kier molecular flexibility index (Phi) is 5.89. The highest BCUT2D eigenvalue weighted by molar-refractivity contribution is 5.84. The van der Waals surface area contributed by atoms with Crippen molar-refractivity contribution in [1.29, 1.82) is 0 Å². The second-order valence-electron chi connectivity index (χ2n) is 12.3. The molecule has 4 fully saturated rings. The molecule has 0 amide bonds. The van der Waals surface area contributed by atoms with E-state index in [1.54, 1.807) is 11.8 Å². The highest BCUT2D eigenvalue weighted by atomic mass is 19.3. The van der Waals surface area contributed by atoms with E-state index in [1.807, 2.05) is 18.2 Å². The van der Waals surface area contributed by atoms with Crippen LogP contribution in [0.5, 0.6) is 5.75 Å². The zero-order chi connectivity index (χ0) is 25.2. The number of benzene rings is 1. The van der Waals surface area contributed by atoms with E-state index in [-0.39, 0.29) is 42.4 Å². The minimum Gasteiger partial charge on any atom is -0.497 e. The number of fused-ring (bicyclic) bond motifs is 6. The lowest BCUT2D eigenvalue weighted by Crippen LogP contribution is -2.53. The number of nitrogens with zero attached hydrogens (tertiary/aromatic N) is 3. The van der Waals surface area contributed by atoms with Gasteiger partial charge in [-0.05, 0) is 105 Å². The Balaban J connectivity index is 1.18. The van der Waals surface area contributed by atoms with Gasteiger partial charge in [0.25, 0.3) is 6.43 Å². The fraction of sp³-hybridized carbons (Fsp3) is 0.750. The van der Waals surface area contributed by atoms with E-state index in [0.717, 1.165) is 55.3 Å². The molecule has 4 saturated carbocycles. The van der Waals surface area contributed by atoms with Gasteiger partial charge in [-0.1, -0.05) is 12.1 Å². The van der Waals surface area contributed by atoms with Gasteiger partial charge < -0.3 is 9.84 Å². The zero-order valence-corrected chi connectivity index (χ0v) is 21.2. The van der Waals surface area contributed by atoms with Gasteiger partial charge in [-0.25, -0.2) is 13.5 Å². The Morgan fingerprint density at radius 2 is 1.94 bits per heavy atom. The maximum absolute atomic E-state index is 13.7. The number of Topliss-reactive ketones (excluding diaryl/α,β-unsaturated/α-hetero) is 1. The maximum Gasteiger partial charge on any atom is 0.266 e. The second-order valence-corrected chi connectivity index (χ2v) is 12.3. The van der Waals surface area contributed by atoms with Gasteiger partial charge in [0.05, 0.1) is 12.6 Å². The smallest absolute Gasteiger partial charge is 0.266 e. The van der Waals surface area contributed by atoms with Crippen molar-refractivity contribution in [2.45, 2.75) is 83.3 Å². The number of ether oxygens (including phenoxy) is 1. The number of halogens is 2. The van der Waals surface area contributed by atoms with Crippen LogP contribution in [0.2, 0.25) is 0 Å². The lowest BCUT2D eigenvalue weighted by molar-refractivity contribution is -0.160. The monoisotopic (exact) mass is 501 g/mol. The van der Waals surface area contributed by atoms with Crippen LogP contribution < -0.4 is 4.74 Å². The fourth-order valence-electron chi connectivity index (χ4n) is 9.08. The Morgan fingerprint density at radius 3 is 2.72 bits per heavy atom. The van der Waals surface area contributed by atoms with Crippen LogP contribution >= 0.6 is 0 Å². The number of hydrogen-bond acceptors (Lipinski definition) is 5. The predicted octanol–water partition coefficient (Wildman–Crippen LogP) is 5.27. The molecule has 4 aliphatic rings. The topological polar surface area (TPSA) is 77.2 Å². The average molecular weight is 502 g/mol. The molecule has 0 unspecified atom stereocenters. The standard InChI is InChI=1S/C28H37F2N3O3/c1-27-11-9-19-18-10-12-28(35,26(29)30)14-16(18)3-5-20(19)21(27)6-7-22(27)25(34)15-33-24-13-17(36-2)4-8-23(24)31-32-33/h4,8,13,16,18-22,26,35H,3,5-7,9-12,14-15H2,1-2H3/t16-,18+,19-,20-,21+,22-,27+,28-/m1/s1. The molecule has 6 nitrogen and oxygen atoms in total. The summed E-state index contributed by atoms with van der Waals surface area (Å²) in [6.07, 6.45) is 4.56. The Morgan fingerprint density at radius 1 is 1.14 bits per heavy atom. The molecule has 36 heavy (non-hydrogen) atoms. The van der Waals surface area contributed by atoms with Crippen molar-refractivity contribution in [2.24, 2.45) is 40.9 Å². The van der Waals surface area contributed by atoms with E-state index in [9.17, 15) is 18.7 Å². The number of rotatable bonds is 5. The van der Waals surface area contributed by atoms with E-state index in [4.69, 9.17) is 4.74 Å². The summed E-state index contributed by atoms with van der Waals surface area (Å²) in [5.74, 6) is 3.24. The molecule has 0 spiro atoms. The number of ketones is 1. The van der Waals surface area contributed by atoms with Gasteiger partial charge in [0.15, 0.2) is 5.78 Å². The number of aliphatic hydroxyl groups is 1. The highest BCUT2D eigenvalue weighted by Gasteiger charge is 2.59. The molecule has 0 aliphatic heterocycles. The third-order valence-electron chi connectivity index (χ3n) is 10.9. The number of hydrogen-bond donors (Lipinski definition) is 1. The van der Waals surface area contributed by atoms with Crippen LogP contribution in [0.25, 0.3) is 11.0 Å². The van der Waals surface area contributed by atoms with Crippen molar-refractivity contribution in [3.8, 4) is 5.75 Å². The summed E-state index contributed by atoms with van der Waals surface area (Å²) in [5, 5.41) is 19.0. The van der Waals surface area contributed by atoms with Gasteiger partial charge in [-0.15, -0.1) is 5.10 Å². The van der Waals surface area contributed by atoms with Gasteiger partial charge in [-0.3, -0.25) is 4.79 Å². The molecule has 1 aromatic heterocycles. The lowest BCUT2D eigenvalue weighted by atomic mass is 9.49. The third-order valence-corrected chi connectivity index (χ3v) is 10.9. The minimum atomic E-state index is -2.66. The lowest BCUT2D eigenvalue weighted by Gasteiger charge is -2.57. The number of aromatic nitrogens is 3. The molecule has 8 atom stereocenters. The van der Waals surface area contributed by atoms with Crippen LogP contribution in [0.15, 0.2) is 18.2 Å². The largest absolute Gasteiger partial charge is 0.497 e. The normalized spacial score (nSPS) is 40.1. The highest BCUT2D eigenvalue weighted by Crippen LogP contribution is 2.65. The van der Waals surface area contributed by atoms with E-state index >= 15 is 0 Å². The van der Waals surface area contributed by atoms with Crippen molar-refractivity contribution in [3.63, 3.8) is 0 Å². The molecule has 0 radical (unpaired) electrons. The van der Waals surface area contributed by atoms with Crippen LogP contribution in [-0.4, -0.2) is 45.0 Å². The van der Waals surface area contributed by atoms with E-state index in [0.29, 0.717) is 30.1 Å². The summed E-state index contributed by atoms with van der Waals surface area (Å²) in [6, 6.07) is 5.59. The average Bonchev–Trinajstić information content (AvgIpc) is 3.43. The van der Waals surface area contributed by atoms with E-state index in [1.165, 1.54) is 0 Å². The molecule has 1 N–H and O–H groups in total. The molecule has 196 valence electrons. The third kappa shape index (κ3) is 3.69. The maximum atomic E-state index is 13.7. The molecular weight excluding hydrogens is 464 g/mol. The molecule has 2 aromatic rings. The quantitative estimate of drug-likeness (QED) is 0.604. The van der Waals surface area contributed by atoms with E-state index < -0.39 is 12.0 Å². The zero-order valence-electron chi connectivity index (χ0n) is 21.2. The molecule has 4 aliphatic carbocycles. The second kappa shape index (κ2) is 8.74. The van der Waals surface area contributed by atoms with Crippen molar-refractivity contribution in [3.05, 3.63) is 18.2 Å². The summed E-state index contributed by atoms with van der Waals surface area (Å²) in [6.45, 7) is 2.55. The molecule has 1 aromatic carbocycles. The summed E-state index contributed by atoms with van der Waals surface area (Å²) >= 11 is 0. The first kappa shape index (κ1) is 24.3. The number of carbonyl (C=O) groups excluding carboxylic acids is 1. The van der Waals surface area contributed by atoms with Crippen LogP contribution in [0.1, 0.15) is 64.7 Å². The van der Waals surface area contributed by atoms with E-state index in [2.05, 4.69) is 17.2 Å². The summed E-state index contributed by atoms with van der Waals surface area (Å²) in [7, 11) is 1.62. The van der Waals surface area contributed by atoms with Gasteiger partial charge in [0, 0.05) is 12.0 Å². The molecule has 1 heterocycles. The van der Waals surface area contributed by atoms with Crippen LogP contribution in [-0.2, 0) is 11.3 Å². The Bertz CT molecular complexity index is 1150. The first-order valence-corrected chi connectivity index (χ1v) is 13.6. The van der Waals surface area contributed by atoms with Crippen LogP contribution in [0.4, 0.5) is 8.78 Å². The Hall–Kier alpha value is -2.09. The summed E-state index contributed by atoms with van der Waals surface area (Å²) < 4.78 is 34.1. The summed E-state index contributed by atoms with van der Waals surface area (Å²) in [4.78, 5) is 13.7. The van der Waals surface area contributed by atoms with Crippen molar-refractivity contribution in [1.82, 2.24) is 15.0 Å². The number of methoxy groups -OCH3 is 1. The fourth-order valence-corrected chi connectivity index (χ4v) is 9.08. The van der Waals surface area contributed by atoms with Crippen molar-refractivity contribution >= 4 is 16.8 Å². The first-order valence-electron chi connectivity index (χ1n) is 13.6. The van der Waals surface area contributed by atoms with Gasteiger partial charge in [-0.2, -0.15) is 0 Å². The summed E-state index contributed by atoms with van der Waals surface area (Å²) in [5.41, 5.74) is -0.247.